The Kier molecular flexibility index (Phi) is 3.36. The molecule has 1 heterocycles. The van der Waals surface area contributed by atoms with Crippen LogP contribution in [-0.4, -0.2) is 12.2 Å². The molecule has 1 aromatic heterocycles. The van der Waals surface area contributed by atoms with Crippen molar-refractivity contribution in [2.45, 2.75) is 6.42 Å². The quantitative estimate of drug-likeness (QED) is 0.750. The van der Waals surface area contributed by atoms with Gasteiger partial charge in [-0.15, -0.1) is 0 Å². The van der Waals surface area contributed by atoms with E-state index in [4.69, 9.17) is 9.15 Å². The molecule has 0 fully saturated rings. The molecular weight excluding hydrogens is 268 g/mol. The van der Waals surface area contributed by atoms with Crippen molar-refractivity contribution in [3.63, 3.8) is 0 Å². The first-order valence-corrected chi connectivity index (χ1v) is 6.55. The van der Waals surface area contributed by atoms with Crippen LogP contribution in [0.25, 0.3) is 11.0 Å². The molecule has 0 spiro atoms. The number of hydrogen-bond acceptors (Lipinski definition) is 4. The summed E-state index contributed by atoms with van der Waals surface area (Å²) in [7, 11) is 1.60. The fourth-order valence-corrected chi connectivity index (χ4v) is 2.28. The van der Waals surface area contributed by atoms with Crippen molar-refractivity contribution < 1.29 is 14.3 Å². The lowest BCUT2D eigenvalue weighted by atomic mass is 10.0. The lowest BCUT2D eigenvalue weighted by Crippen LogP contribution is -2.08. The number of rotatable bonds is 3. The van der Waals surface area contributed by atoms with E-state index in [1.54, 1.807) is 31.4 Å². The largest absolute Gasteiger partial charge is 0.507 e. The summed E-state index contributed by atoms with van der Waals surface area (Å²) in [5.41, 5.74) is 1.04. The zero-order valence-electron chi connectivity index (χ0n) is 11.5. The number of ether oxygens (including phenoxy) is 1. The second kappa shape index (κ2) is 5.32. The fraction of sp³-hybridized carbons (Fsp3) is 0.118. The maximum Gasteiger partial charge on any atom is 0.343 e. The van der Waals surface area contributed by atoms with E-state index in [2.05, 4.69) is 0 Å². The van der Waals surface area contributed by atoms with Gasteiger partial charge >= 0.3 is 5.63 Å². The van der Waals surface area contributed by atoms with Gasteiger partial charge in [0.05, 0.1) is 18.1 Å². The van der Waals surface area contributed by atoms with Crippen LogP contribution in [0.5, 0.6) is 11.5 Å². The summed E-state index contributed by atoms with van der Waals surface area (Å²) in [4.78, 5) is 12.0. The maximum absolute atomic E-state index is 12.0. The molecule has 4 nitrogen and oxygen atoms in total. The van der Waals surface area contributed by atoms with Crippen molar-refractivity contribution in [3.8, 4) is 11.5 Å². The number of aromatic hydroxyl groups is 1. The van der Waals surface area contributed by atoms with Crippen molar-refractivity contribution in [1.29, 1.82) is 0 Å². The van der Waals surface area contributed by atoms with Crippen LogP contribution in [0.15, 0.2) is 57.7 Å². The highest BCUT2D eigenvalue weighted by Crippen LogP contribution is 2.27. The van der Waals surface area contributed by atoms with Gasteiger partial charge in [0.25, 0.3) is 0 Å². The maximum atomic E-state index is 12.0. The Bertz CT molecular complexity index is 832. The smallest absolute Gasteiger partial charge is 0.343 e. The molecule has 4 heteroatoms. The Balaban J connectivity index is 2.05. The van der Waals surface area contributed by atoms with Crippen LogP contribution >= 0.6 is 0 Å². The third kappa shape index (κ3) is 2.48. The van der Waals surface area contributed by atoms with Gasteiger partial charge in [0.1, 0.15) is 17.1 Å². The first kappa shape index (κ1) is 13.2. The molecule has 2 aromatic carbocycles. The van der Waals surface area contributed by atoms with Crippen LogP contribution in [0.3, 0.4) is 0 Å². The zero-order chi connectivity index (χ0) is 14.8. The molecule has 3 rings (SSSR count). The van der Waals surface area contributed by atoms with Crippen LogP contribution in [0.4, 0.5) is 0 Å². The minimum atomic E-state index is -0.512. The van der Waals surface area contributed by atoms with Gasteiger partial charge in [0, 0.05) is 6.42 Å². The second-order valence-corrected chi connectivity index (χ2v) is 4.74. The Morgan fingerprint density at radius 3 is 2.52 bits per heavy atom. The predicted molar refractivity (Wildman–Crippen MR) is 79.9 cm³/mol. The van der Waals surface area contributed by atoms with Gasteiger partial charge in [-0.1, -0.05) is 24.3 Å². The molecule has 0 aliphatic carbocycles. The van der Waals surface area contributed by atoms with E-state index in [-0.39, 0.29) is 11.3 Å². The van der Waals surface area contributed by atoms with Crippen molar-refractivity contribution in [2.75, 3.05) is 7.11 Å². The van der Waals surface area contributed by atoms with Gasteiger partial charge in [-0.3, -0.25) is 0 Å². The molecule has 3 aromatic rings. The van der Waals surface area contributed by atoms with Gasteiger partial charge in [-0.2, -0.15) is 0 Å². The summed E-state index contributed by atoms with van der Waals surface area (Å²) in [6.07, 6.45) is 0.309. The fourth-order valence-electron chi connectivity index (χ4n) is 2.28. The molecule has 106 valence electrons. The van der Waals surface area contributed by atoms with Crippen LogP contribution in [-0.2, 0) is 6.42 Å². The summed E-state index contributed by atoms with van der Waals surface area (Å²) in [5, 5.41) is 10.8. The van der Waals surface area contributed by atoms with Crippen LogP contribution in [0, 0.1) is 0 Å². The lowest BCUT2D eigenvalue weighted by Gasteiger charge is -2.07. The van der Waals surface area contributed by atoms with Crippen molar-refractivity contribution in [3.05, 3.63) is 70.1 Å². The molecule has 0 amide bonds. The average Bonchev–Trinajstić information content (AvgIpc) is 2.52. The normalized spacial score (nSPS) is 10.7. The number of para-hydroxylation sites is 1. The summed E-state index contributed by atoms with van der Waals surface area (Å²) < 4.78 is 10.3. The third-order valence-corrected chi connectivity index (χ3v) is 3.42. The van der Waals surface area contributed by atoms with Gasteiger partial charge < -0.3 is 14.3 Å². The topological polar surface area (TPSA) is 59.7 Å². The summed E-state index contributed by atoms with van der Waals surface area (Å²) in [6.45, 7) is 0. The molecule has 0 saturated carbocycles. The van der Waals surface area contributed by atoms with E-state index in [1.807, 2.05) is 24.3 Å². The summed E-state index contributed by atoms with van der Waals surface area (Å²) >= 11 is 0. The molecule has 0 saturated heterocycles. The highest BCUT2D eigenvalue weighted by atomic mass is 16.5. The average molecular weight is 282 g/mol. The zero-order valence-corrected chi connectivity index (χ0v) is 11.5. The molecular formula is C17H14O4. The van der Waals surface area contributed by atoms with E-state index in [1.165, 1.54) is 0 Å². The van der Waals surface area contributed by atoms with Crippen LogP contribution < -0.4 is 10.4 Å². The Morgan fingerprint density at radius 1 is 1.10 bits per heavy atom. The first-order valence-electron chi connectivity index (χ1n) is 6.55. The van der Waals surface area contributed by atoms with E-state index in [9.17, 15) is 9.90 Å². The molecule has 0 unspecified atom stereocenters. The molecule has 0 atom stereocenters. The number of fused-ring (bicyclic) bond motifs is 1. The first-order chi connectivity index (χ1) is 10.2. The van der Waals surface area contributed by atoms with Crippen LogP contribution in [0.2, 0.25) is 0 Å². The number of methoxy groups -OCH3 is 1. The predicted octanol–water partition coefficient (Wildman–Crippen LogP) is 3.10. The number of benzene rings is 2. The lowest BCUT2D eigenvalue weighted by molar-refractivity contribution is 0.414. The van der Waals surface area contributed by atoms with Gasteiger partial charge in [0.15, 0.2) is 0 Å². The van der Waals surface area contributed by atoms with E-state index < -0.39 is 5.63 Å². The Labute approximate surface area is 121 Å². The van der Waals surface area contributed by atoms with Crippen molar-refractivity contribution >= 4 is 11.0 Å². The standard InChI is InChI=1S/C17H14O4/c1-20-12-8-6-11(7-9-12)10-14-16(18)13-4-2-3-5-15(13)21-17(14)19/h2-9,18H,10H2,1H3. The molecule has 0 radical (unpaired) electrons. The second-order valence-electron chi connectivity index (χ2n) is 4.74. The van der Waals surface area contributed by atoms with Gasteiger partial charge in [-0.05, 0) is 29.8 Å². The third-order valence-electron chi connectivity index (χ3n) is 3.42. The minimum Gasteiger partial charge on any atom is -0.507 e. The van der Waals surface area contributed by atoms with Crippen molar-refractivity contribution in [1.82, 2.24) is 0 Å². The summed E-state index contributed by atoms with van der Waals surface area (Å²) in [6, 6.07) is 14.3. The van der Waals surface area contributed by atoms with Crippen molar-refractivity contribution in [2.24, 2.45) is 0 Å². The number of hydrogen-bond donors (Lipinski definition) is 1. The molecule has 1 N–H and O–H groups in total. The van der Waals surface area contributed by atoms with Gasteiger partial charge in [0.2, 0.25) is 0 Å². The highest BCUT2D eigenvalue weighted by Gasteiger charge is 2.14. The summed E-state index contributed by atoms with van der Waals surface area (Å²) in [5.74, 6) is 0.728. The molecule has 0 aliphatic heterocycles. The Morgan fingerprint density at radius 2 is 1.81 bits per heavy atom. The van der Waals surface area contributed by atoms with E-state index >= 15 is 0 Å². The van der Waals surface area contributed by atoms with Gasteiger partial charge in [-0.25, -0.2) is 4.79 Å². The molecule has 0 bridgehead atoms. The minimum absolute atomic E-state index is 0.0160. The Hall–Kier alpha value is -2.75. The molecule has 0 aliphatic rings. The monoisotopic (exact) mass is 282 g/mol. The van der Waals surface area contributed by atoms with E-state index in [0.29, 0.717) is 17.4 Å². The highest BCUT2D eigenvalue weighted by molar-refractivity contribution is 5.84. The SMILES string of the molecule is COc1ccc(Cc2c(O)c3ccccc3oc2=O)cc1. The van der Waals surface area contributed by atoms with E-state index in [0.717, 1.165) is 11.3 Å². The van der Waals surface area contributed by atoms with Crippen LogP contribution in [0.1, 0.15) is 11.1 Å². The molecule has 21 heavy (non-hydrogen) atoms.